The summed E-state index contributed by atoms with van der Waals surface area (Å²) in [5.74, 6) is -0.219. The first kappa shape index (κ1) is 20.7. The molecule has 0 bridgehead atoms. The fourth-order valence-corrected chi connectivity index (χ4v) is 3.37. The number of anilines is 1. The summed E-state index contributed by atoms with van der Waals surface area (Å²) in [6.07, 6.45) is -4.77. The van der Waals surface area contributed by atoms with Gasteiger partial charge in [0.25, 0.3) is 5.91 Å². The minimum Gasteiger partial charge on any atom is -0.406 e. The Bertz CT molecular complexity index is 1040. The summed E-state index contributed by atoms with van der Waals surface area (Å²) in [4.78, 5) is 16.3. The minimum absolute atomic E-state index is 0.257. The third-order valence-corrected chi connectivity index (χ3v) is 4.95. The molecule has 0 aliphatic carbocycles. The number of hydrogen-bond donors (Lipinski definition) is 1. The maximum atomic E-state index is 13.1. The van der Waals surface area contributed by atoms with E-state index in [2.05, 4.69) is 14.9 Å². The average Bonchev–Trinajstić information content (AvgIpc) is 3.24. The number of piperazine rings is 1. The van der Waals surface area contributed by atoms with E-state index in [-0.39, 0.29) is 17.5 Å². The van der Waals surface area contributed by atoms with Crippen LogP contribution in [0.5, 0.6) is 5.75 Å². The van der Waals surface area contributed by atoms with Crippen molar-refractivity contribution in [3.63, 3.8) is 0 Å². The van der Waals surface area contributed by atoms with Crippen molar-refractivity contribution in [3.8, 4) is 17.0 Å². The molecule has 1 N–H and O–H groups in total. The number of nitrogens with zero attached hydrogens (tertiary/aromatic N) is 3. The normalized spacial score (nSPS) is 14.6. The zero-order chi connectivity index (χ0) is 22.0. The molecule has 0 radical (unpaired) electrons. The number of benzene rings is 2. The Kier molecular flexibility index (Phi) is 5.53. The SMILES string of the molecule is O=C(c1ccc(OC(F)(F)F)cc1)N1CCN(c2cc(-c3ccc(F)cc3)[nH]n2)CC1. The van der Waals surface area contributed by atoms with E-state index >= 15 is 0 Å². The summed E-state index contributed by atoms with van der Waals surface area (Å²) < 4.78 is 53.7. The molecule has 10 heteroatoms. The molecular formula is C21H18F4N4O2. The summed E-state index contributed by atoms with van der Waals surface area (Å²) in [5.41, 5.74) is 1.86. The van der Waals surface area contributed by atoms with Gasteiger partial charge in [-0.1, -0.05) is 0 Å². The molecule has 162 valence electrons. The number of rotatable bonds is 4. The molecule has 2 heterocycles. The first-order chi connectivity index (χ1) is 14.8. The third kappa shape index (κ3) is 4.96. The maximum Gasteiger partial charge on any atom is 0.573 e. The average molecular weight is 434 g/mol. The van der Waals surface area contributed by atoms with Gasteiger partial charge in [0.2, 0.25) is 0 Å². The molecule has 1 saturated heterocycles. The first-order valence-electron chi connectivity index (χ1n) is 9.50. The van der Waals surface area contributed by atoms with Gasteiger partial charge < -0.3 is 14.5 Å². The van der Waals surface area contributed by atoms with Gasteiger partial charge in [-0.3, -0.25) is 9.89 Å². The Morgan fingerprint density at radius 1 is 0.968 bits per heavy atom. The maximum absolute atomic E-state index is 13.1. The Labute approximate surface area is 175 Å². The molecule has 0 saturated carbocycles. The topological polar surface area (TPSA) is 61.5 Å². The number of H-pyrrole nitrogens is 1. The van der Waals surface area contributed by atoms with E-state index < -0.39 is 6.36 Å². The smallest absolute Gasteiger partial charge is 0.406 e. The first-order valence-corrected chi connectivity index (χ1v) is 9.50. The number of carbonyl (C=O) groups is 1. The van der Waals surface area contributed by atoms with E-state index in [4.69, 9.17) is 0 Å². The van der Waals surface area contributed by atoms with Crippen molar-refractivity contribution in [1.82, 2.24) is 15.1 Å². The summed E-state index contributed by atoms with van der Waals surface area (Å²) in [7, 11) is 0. The predicted molar refractivity (Wildman–Crippen MR) is 105 cm³/mol. The lowest BCUT2D eigenvalue weighted by atomic mass is 10.1. The molecule has 0 spiro atoms. The van der Waals surface area contributed by atoms with Crippen LogP contribution in [-0.4, -0.2) is 53.5 Å². The second-order valence-electron chi connectivity index (χ2n) is 7.00. The number of amides is 1. The van der Waals surface area contributed by atoms with Crippen LogP contribution in [0.25, 0.3) is 11.3 Å². The molecule has 0 unspecified atom stereocenters. The van der Waals surface area contributed by atoms with Gasteiger partial charge in [-0.2, -0.15) is 5.10 Å². The lowest BCUT2D eigenvalue weighted by Crippen LogP contribution is -2.48. The molecule has 4 rings (SSSR count). The van der Waals surface area contributed by atoms with Crippen molar-refractivity contribution in [2.24, 2.45) is 0 Å². The van der Waals surface area contributed by atoms with Gasteiger partial charge >= 0.3 is 6.36 Å². The van der Waals surface area contributed by atoms with Gasteiger partial charge in [0.15, 0.2) is 5.82 Å². The van der Waals surface area contributed by atoms with Crippen LogP contribution in [0, 0.1) is 5.82 Å². The van der Waals surface area contributed by atoms with E-state index in [0.29, 0.717) is 31.7 Å². The lowest BCUT2D eigenvalue weighted by Gasteiger charge is -2.34. The van der Waals surface area contributed by atoms with Crippen LogP contribution in [0.3, 0.4) is 0 Å². The van der Waals surface area contributed by atoms with Crippen molar-refractivity contribution in [2.75, 3.05) is 31.1 Å². The highest BCUT2D eigenvalue weighted by atomic mass is 19.4. The number of ether oxygens (including phenoxy) is 1. The molecule has 1 amide bonds. The summed E-state index contributed by atoms with van der Waals surface area (Å²) >= 11 is 0. The molecule has 6 nitrogen and oxygen atoms in total. The van der Waals surface area contributed by atoms with Crippen LogP contribution in [0.2, 0.25) is 0 Å². The van der Waals surface area contributed by atoms with Crippen molar-refractivity contribution in [1.29, 1.82) is 0 Å². The minimum atomic E-state index is -4.77. The molecule has 1 fully saturated rings. The fraction of sp³-hybridized carbons (Fsp3) is 0.238. The van der Waals surface area contributed by atoms with E-state index in [9.17, 15) is 22.4 Å². The summed E-state index contributed by atoms with van der Waals surface area (Å²) in [6.45, 7) is 1.99. The largest absolute Gasteiger partial charge is 0.573 e. The second-order valence-corrected chi connectivity index (χ2v) is 7.00. The molecule has 2 aromatic carbocycles. The molecule has 3 aromatic rings. The van der Waals surface area contributed by atoms with E-state index in [1.165, 1.54) is 24.3 Å². The third-order valence-electron chi connectivity index (χ3n) is 4.95. The van der Waals surface area contributed by atoms with Gasteiger partial charge in [-0.05, 0) is 54.1 Å². The highest BCUT2D eigenvalue weighted by molar-refractivity contribution is 5.94. The van der Waals surface area contributed by atoms with E-state index in [0.717, 1.165) is 29.2 Å². The van der Waals surface area contributed by atoms with Crippen LogP contribution >= 0.6 is 0 Å². The van der Waals surface area contributed by atoms with Crippen molar-refractivity contribution < 1.29 is 27.1 Å². The highest BCUT2D eigenvalue weighted by Crippen LogP contribution is 2.25. The summed E-state index contributed by atoms with van der Waals surface area (Å²) in [6, 6.07) is 12.8. The van der Waals surface area contributed by atoms with E-state index in [1.54, 1.807) is 17.0 Å². The fourth-order valence-electron chi connectivity index (χ4n) is 3.37. The van der Waals surface area contributed by atoms with E-state index in [1.807, 2.05) is 11.0 Å². The highest BCUT2D eigenvalue weighted by Gasteiger charge is 2.31. The van der Waals surface area contributed by atoms with Crippen molar-refractivity contribution in [2.45, 2.75) is 6.36 Å². The molecule has 0 atom stereocenters. The Morgan fingerprint density at radius 3 is 2.23 bits per heavy atom. The van der Waals surface area contributed by atoms with Gasteiger partial charge in [0.05, 0.1) is 5.69 Å². The Balaban J connectivity index is 1.35. The summed E-state index contributed by atoms with van der Waals surface area (Å²) in [5, 5.41) is 7.24. The lowest BCUT2D eigenvalue weighted by molar-refractivity contribution is -0.274. The zero-order valence-corrected chi connectivity index (χ0v) is 16.2. The zero-order valence-electron chi connectivity index (χ0n) is 16.2. The van der Waals surface area contributed by atoms with Crippen LogP contribution < -0.4 is 9.64 Å². The number of alkyl halides is 3. The van der Waals surface area contributed by atoms with Gasteiger partial charge in [-0.15, -0.1) is 13.2 Å². The van der Waals surface area contributed by atoms with Crippen LogP contribution in [0.1, 0.15) is 10.4 Å². The molecule has 1 aliphatic rings. The van der Waals surface area contributed by atoms with Crippen LogP contribution in [0.4, 0.5) is 23.4 Å². The second kappa shape index (κ2) is 8.29. The Morgan fingerprint density at radius 2 is 1.61 bits per heavy atom. The number of halogens is 4. The standard InChI is InChI=1S/C21H18F4N4O2/c22-16-5-1-14(2-6-16)18-13-19(27-26-18)28-9-11-29(12-10-28)20(30)15-3-7-17(8-4-15)31-21(23,24)25/h1-8,13H,9-12H2,(H,26,27). The number of nitrogens with one attached hydrogen (secondary N) is 1. The quantitative estimate of drug-likeness (QED) is 0.629. The van der Waals surface area contributed by atoms with Crippen molar-refractivity contribution >= 4 is 11.7 Å². The van der Waals surface area contributed by atoms with Crippen LogP contribution in [0.15, 0.2) is 54.6 Å². The van der Waals surface area contributed by atoms with Gasteiger partial charge in [0.1, 0.15) is 11.6 Å². The number of aromatic amines is 1. The van der Waals surface area contributed by atoms with Crippen molar-refractivity contribution in [3.05, 3.63) is 66.0 Å². The molecule has 31 heavy (non-hydrogen) atoms. The van der Waals surface area contributed by atoms with Gasteiger partial charge in [0, 0.05) is 37.8 Å². The molecule has 1 aliphatic heterocycles. The molecular weight excluding hydrogens is 416 g/mol. The number of carbonyl (C=O) groups excluding carboxylic acids is 1. The number of hydrogen-bond acceptors (Lipinski definition) is 4. The monoisotopic (exact) mass is 434 g/mol. The van der Waals surface area contributed by atoms with Gasteiger partial charge in [-0.25, -0.2) is 4.39 Å². The molecule has 1 aromatic heterocycles. The van der Waals surface area contributed by atoms with Crippen LogP contribution in [-0.2, 0) is 0 Å². The predicted octanol–water partition coefficient (Wildman–Crippen LogP) is 4.08. The number of aromatic nitrogens is 2. The Hall–Kier alpha value is -3.56.